The Bertz CT molecular complexity index is 1180. The number of sulfonamides is 1. The molecule has 1 aromatic heterocycles. The zero-order valence-corrected chi connectivity index (χ0v) is 19.8. The van der Waals surface area contributed by atoms with Gasteiger partial charge in [-0.2, -0.15) is 9.97 Å². The van der Waals surface area contributed by atoms with E-state index in [1.807, 2.05) is 12.1 Å². The summed E-state index contributed by atoms with van der Waals surface area (Å²) < 4.78 is 44.2. The van der Waals surface area contributed by atoms with Crippen LogP contribution in [0, 0.1) is 6.92 Å². The molecule has 0 aliphatic heterocycles. The van der Waals surface area contributed by atoms with Gasteiger partial charge in [0.15, 0.2) is 0 Å². The molecule has 0 radical (unpaired) electrons. The molecule has 0 saturated carbocycles. The summed E-state index contributed by atoms with van der Waals surface area (Å²) in [7, 11) is -0.778. The predicted molar refractivity (Wildman–Crippen MR) is 122 cm³/mol. The molecule has 0 bridgehead atoms. The van der Waals surface area contributed by atoms with Gasteiger partial charge in [0.25, 0.3) is 10.0 Å². The first kappa shape index (κ1) is 23.3. The van der Waals surface area contributed by atoms with Gasteiger partial charge in [0.2, 0.25) is 11.8 Å². The van der Waals surface area contributed by atoms with Gasteiger partial charge in [-0.25, -0.2) is 8.42 Å². The first-order valence-corrected chi connectivity index (χ1v) is 11.4. The monoisotopic (exact) mass is 457 g/mol. The van der Waals surface area contributed by atoms with E-state index < -0.39 is 10.0 Å². The van der Waals surface area contributed by atoms with E-state index in [4.69, 9.17) is 14.2 Å². The van der Waals surface area contributed by atoms with E-state index >= 15 is 0 Å². The Balaban J connectivity index is 1.79. The van der Waals surface area contributed by atoms with Gasteiger partial charge < -0.3 is 14.2 Å². The molecule has 2 aromatic carbocycles. The standard InChI is InChI=1S/C23H27N3O5S/c1-15-13-17(31-22-24-20(29-5)14-21(25-22)30-6)9-12-19(15)26-32(27,28)18-10-7-16(8-11-18)23(2,3)4/h7-14,26H,1-6H3. The van der Waals surface area contributed by atoms with Crippen LogP contribution >= 0.6 is 0 Å². The van der Waals surface area contributed by atoms with E-state index in [9.17, 15) is 8.42 Å². The van der Waals surface area contributed by atoms with E-state index in [0.29, 0.717) is 28.8 Å². The van der Waals surface area contributed by atoms with Crippen molar-refractivity contribution in [2.24, 2.45) is 0 Å². The molecule has 0 atom stereocenters. The topological polar surface area (TPSA) is 99.6 Å². The van der Waals surface area contributed by atoms with Crippen molar-refractivity contribution >= 4 is 15.7 Å². The molecule has 0 unspecified atom stereocenters. The molecule has 3 aromatic rings. The lowest BCUT2D eigenvalue weighted by Gasteiger charge is -2.19. The predicted octanol–water partition coefficient (Wildman–Crippen LogP) is 4.69. The maximum Gasteiger partial charge on any atom is 0.328 e. The van der Waals surface area contributed by atoms with Crippen molar-refractivity contribution in [3.05, 3.63) is 59.7 Å². The van der Waals surface area contributed by atoms with Crippen LogP contribution in [0.4, 0.5) is 5.69 Å². The average molecular weight is 458 g/mol. The number of anilines is 1. The average Bonchev–Trinajstić information content (AvgIpc) is 2.74. The molecule has 0 spiro atoms. The minimum Gasteiger partial charge on any atom is -0.481 e. The highest BCUT2D eigenvalue weighted by Gasteiger charge is 2.19. The van der Waals surface area contributed by atoms with E-state index in [1.54, 1.807) is 37.3 Å². The van der Waals surface area contributed by atoms with E-state index in [-0.39, 0.29) is 16.3 Å². The van der Waals surface area contributed by atoms with E-state index in [0.717, 1.165) is 5.56 Å². The van der Waals surface area contributed by atoms with Crippen LogP contribution in [0.15, 0.2) is 53.4 Å². The van der Waals surface area contributed by atoms with Crippen molar-refractivity contribution in [2.75, 3.05) is 18.9 Å². The normalized spacial score (nSPS) is 11.7. The second kappa shape index (κ2) is 9.04. The molecule has 170 valence electrons. The highest BCUT2D eigenvalue weighted by atomic mass is 32.2. The number of ether oxygens (including phenoxy) is 3. The minimum absolute atomic E-state index is 0.0490. The van der Waals surface area contributed by atoms with Gasteiger partial charge in [-0.1, -0.05) is 32.9 Å². The molecular formula is C23H27N3O5S. The quantitative estimate of drug-likeness (QED) is 0.549. The number of hydrogen-bond donors (Lipinski definition) is 1. The molecule has 0 amide bonds. The van der Waals surface area contributed by atoms with Crippen LogP contribution in [0.25, 0.3) is 0 Å². The van der Waals surface area contributed by atoms with Crippen molar-refractivity contribution < 1.29 is 22.6 Å². The maximum absolute atomic E-state index is 12.8. The summed E-state index contributed by atoms with van der Waals surface area (Å²) in [5.74, 6) is 1.03. The van der Waals surface area contributed by atoms with Gasteiger partial charge in [0, 0.05) is 0 Å². The molecular weight excluding hydrogens is 430 g/mol. The number of aryl methyl sites for hydroxylation is 1. The van der Waals surface area contributed by atoms with Gasteiger partial charge in [-0.3, -0.25) is 4.72 Å². The number of methoxy groups -OCH3 is 2. The van der Waals surface area contributed by atoms with Gasteiger partial charge in [0.05, 0.1) is 30.9 Å². The highest BCUT2D eigenvalue weighted by molar-refractivity contribution is 7.92. The van der Waals surface area contributed by atoms with Gasteiger partial charge >= 0.3 is 6.01 Å². The molecule has 1 N–H and O–H groups in total. The summed E-state index contributed by atoms with van der Waals surface area (Å²) in [6.07, 6.45) is 0. The first-order valence-electron chi connectivity index (χ1n) is 9.91. The van der Waals surface area contributed by atoms with Gasteiger partial charge in [0.1, 0.15) is 5.75 Å². The van der Waals surface area contributed by atoms with Crippen molar-refractivity contribution in [1.29, 1.82) is 0 Å². The zero-order chi connectivity index (χ0) is 23.5. The van der Waals surface area contributed by atoms with Crippen LogP contribution in [0.2, 0.25) is 0 Å². The molecule has 8 nitrogen and oxygen atoms in total. The summed E-state index contributed by atoms with van der Waals surface area (Å²) in [5.41, 5.74) is 2.12. The summed E-state index contributed by atoms with van der Waals surface area (Å²) in [6.45, 7) is 8.01. The molecule has 9 heteroatoms. The lowest BCUT2D eigenvalue weighted by Crippen LogP contribution is -2.15. The number of hydrogen-bond acceptors (Lipinski definition) is 7. The molecule has 0 saturated heterocycles. The lowest BCUT2D eigenvalue weighted by atomic mass is 9.87. The number of rotatable bonds is 7. The smallest absolute Gasteiger partial charge is 0.328 e. The fraction of sp³-hybridized carbons (Fsp3) is 0.304. The van der Waals surface area contributed by atoms with Crippen LogP contribution in [-0.4, -0.2) is 32.6 Å². The largest absolute Gasteiger partial charge is 0.481 e. The zero-order valence-electron chi connectivity index (χ0n) is 19.0. The van der Waals surface area contributed by atoms with Gasteiger partial charge in [-0.15, -0.1) is 0 Å². The van der Waals surface area contributed by atoms with Crippen LogP contribution < -0.4 is 18.9 Å². The molecule has 32 heavy (non-hydrogen) atoms. The summed E-state index contributed by atoms with van der Waals surface area (Å²) in [6, 6.07) is 13.4. The molecule has 1 heterocycles. The van der Waals surface area contributed by atoms with Gasteiger partial charge in [-0.05, 0) is 53.8 Å². The Morgan fingerprint density at radius 3 is 1.97 bits per heavy atom. The van der Waals surface area contributed by atoms with Crippen molar-refractivity contribution in [3.8, 4) is 23.5 Å². The van der Waals surface area contributed by atoms with E-state index in [2.05, 4.69) is 35.5 Å². The Kier molecular flexibility index (Phi) is 6.59. The SMILES string of the molecule is COc1cc(OC)nc(Oc2ccc(NS(=O)(=O)c3ccc(C(C)(C)C)cc3)c(C)c2)n1. The fourth-order valence-electron chi connectivity index (χ4n) is 2.90. The highest BCUT2D eigenvalue weighted by Crippen LogP contribution is 2.29. The second-order valence-electron chi connectivity index (χ2n) is 8.19. The molecule has 0 aliphatic rings. The van der Waals surface area contributed by atoms with Crippen LogP contribution in [0.3, 0.4) is 0 Å². The summed E-state index contributed by atoms with van der Waals surface area (Å²) in [5, 5.41) is 0. The molecule has 0 aliphatic carbocycles. The molecule has 3 rings (SSSR count). The minimum atomic E-state index is -3.74. The second-order valence-corrected chi connectivity index (χ2v) is 9.88. The number of nitrogens with zero attached hydrogens (tertiary/aromatic N) is 2. The lowest BCUT2D eigenvalue weighted by molar-refractivity contribution is 0.348. The number of benzene rings is 2. The number of aromatic nitrogens is 2. The number of nitrogens with one attached hydrogen (secondary N) is 1. The van der Waals surface area contributed by atoms with Crippen molar-refractivity contribution in [3.63, 3.8) is 0 Å². The van der Waals surface area contributed by atoms with Crippen LogP contribution in [-0.2, 0) is 15.4 Å². The van der Waals surface area contributed by atoms with Crippen molar-refractivity contribution in [1.82, 2.24) is 9.97 Å². The third-order valence-corrected chi connectivity index (χ3v) is 6.14. The van der Waals surface area contributed by atoms with Crippen LogP contribution in [0.5, 0.6) is 23.5 Å². The third kappa shape index (κ3) is 5.47. The third-order valence-electron chi connectivity index (χ3n) is 4.76. The van der Waals surface area contributed by atoms with E-state index in [1.165, 1.54) is 20.3 Å². The summed E-state index contributed by atoms with van der Waals surface area (Å²) >= 11 is 0. The Morgan fingerprint density at radius 2 is 1.47 bits per heavy atom. The fourth-order valence-corrected chi connectivity index (χ4v) is 4.03. The Labute approximate surface area is 188 Å². The van der Waals surface area contributed by atoms with Crippen LogP contribution in [0.1, 0.15) is 31.9 Å². The summed E-state index contributed by atoms with van der Waals surface area (Å²) in [4.78, 5) is 8.44. The Hall–Kier alpha value is -3.33. The molecule has 0 fully saturated rings. The maximum atomic E-state index is 12.8. The first-order chi connectivity index (χ1) is 15.0. The van der Waals surface area contributed by atoms with Crippen molar-refractivity contribution in [2.45, 2.75) is 38.0 Å². The Morgan fingerprint density at radius 1 is 0.875 bits per heavy atom.